The van der Waals surface area contributed by atoms with Gasteiger partial charge in [0.05, 0.1) is 12.2 Å². The number of carbonyl (C=O) groups is 1. The first-order chi connectivity index (χ1) is 14.9. The average Bonchev–Trinajstić information content (AvgIpc) is 3.21. The highest BCUT2D eigenvalue weighted by atomic mass is 19.4. The molecular weight excluding hydrogens is 405 g/mol. The van der Waals surface area contributed by atoms with E-state index < -0.39 is 24.2 Å². The first-order valence-electron chi connectivity index (χ1n) is 10.2. The molecule has 3 aromatic rings. The Labute approximate surface area is 178 Å². The van der Waals surface area contributed by atoms with E-state index in [2.05, 4.69) is 15.7 Å². The van der Waals surface area contributed by atoms with Gasteiger partial charge in [0.2, 0.25) is 0 Å². The molecule has 1 amide bonds. The summed E-state index contributed by atoms with van der Waals surface area (Å²) >= 11 is 0. The zero-order valence-corrected chi connectivity index (χ0v) is 17.0. The molecule has 31 heavy (non-hydrogen) atoms. The third-order valence-corrected chi connectivity index (χ3v) is 5.57. The van der Waals surface area contributed by atoms with Crippen molar-refractivity contribution in [1.29, 1.82) is 0 Å². The topological polar surface area (TPSA) is 59.0 Å². The SMILES string of the molecule is CCc1ccc(C2CC(C(F)(F)F)n3ncc(C(=O)NCc4ccccc4)c3N2)cc1. The fourth-order valence-electron chi connectivity index (χ4n) is 3.81. The number of amides is 1. The summed E-state index contributed by atoms with van der Waals surface area (Å²) in [6.45, 7) is 2.29. The molecule has 1 aromatic heterocycles. The quantitative estimate of drug-likeness (QED) is 0.599. The van der Waals surface area contributed by atoms with E-state index in [-0.39, 0.29) is 24.3 Å². The van der Waals surface area contributed by atoms with Crippen LogP contribution in [0, 0.1) is 0 Å². The van der Waals surface area contributed by atoms with E-state index in [1.807, 2.05) is 61.5 Å². The monoisotopic (exact) mass is 428 g/mol. The zero-order chi connectivity index (χ0) is 22.0. The molecule has 2 atom stereocenters. The first kappa shape index (κ1) is 21.0. The lowest BCUT2D eigenvalue weighted by atomic mass is 9.95. The van der Waals surface area contributed by atoms with Crippen LogP contribution in [0.2, 0.25) is 0 Å². The Kier molecular flexibility index (Phi) is 5.71. The molecule has 2 N–H and O–H groups in total. The van der Waals surface area contributed by atoms with Crippen LogP contribution in [0.5, 0.6) is 0 Å². The predicted molar refractivity (Wildman–Crippen MR) is 112 cm³/mol. The van der Waals surface area contributed by atoms with Gasteiger partial charge in [-0.25, -0.2) is 4.68 Å². The molecule has 0 bridgehead atoms. The molecule has 0 aliphatic carbocycles. The first-order valence-corrected chi connectivity index (χ1v) is 10.2. The van der Waals surface area contributed by atoms with Crippen LogP contribution < -0.4 is 10.6 Å². The van der Waals surface area contributed by atoms with Gasteiger partial charge >= 0.3 is 6.18 Å². The van der Waals surface area contributed by atoms with Crippen LogP contribution >= 0.6 is 0 Å². The summed E-state index contributed by atoms with van der Waals surface area (Å²) < 4.78 is 42.3. The number of nitrogens with one attached hydrogen (secondary N) is 2. The van der Waals surface area contributed by atoms with Crippen LogP contribution in [0.1, 0.15) is 52.5 Å². The second kappa shape index (κ2) is 8.45. The summed E-state index contributed by atoms with van der Waals surface area (Å²) in [5, 5.41) is 9.79. The number of fused-ring (bicyclic) bond motifs is 1. The van der Waals surface area contributed by atoms with E-state index in [0.717, 1.165) is 27.8 Å². The molecule has 1 aliphatic rings. The fraction of sp³-hybridized carbons (Fsp3) is 0.304. The van der Waals surface area contributed by atoms with Crippen molar-refractivity contribution in [3.63, 3.8) is 0 Å². The highest BCUT2D eigenvalue weighted by Crippen LogP contribution is 2.44. The van der Waals surface area contributed by atoms with Gasteiger partial charge in [-0.15, -0.1) is 0 Å². The van der Waals surface area contributed by atoms with Crippen molar-refractivity contribution in [3.05, 3.63) is 83.0 Å². The summed E-state index contributed by atoms with van der Waals surface area (Å²) in [5.74, 6) is -0.385. The van der Waals surface area contributed by atoms with Crippen LogP contribution in [0.4, 0.5) is 19.0 Å². The number of aromatic nitrogens is 2. The summed E-state index contributed by atoms with van der Waals surface area (Å²) in [6, 6.07) is 14.4. The second-order valence-electron chi connectivity index (χ2n) is 7.60. The van der Waals surface area contributed by atoms with E-state index in [9.17, 15) is 18.0 Å². The summed E-state index contributed by atoms with van der Waals surface area (Å²) in [7, 11) is 0. The zero-order valence-electron chi connectivity index (χ0n) is 17.0. The number of alkyl halides is 3. The molecule has 0 spiro atoms. The van der Waals surface area contributed by atoms with Crippen molar-refractivity contribution in [1.82, 2.24) is 15.1 Å². The number of rotatable bonds is 5. The van der Waals surface area contributed by atoms with Crippen LogP contribution in [-0.2, 0) is 13.0 Å². The summed E-state index contributed by atoms with van der Waals surface area (Å²) in [4.78, 5) is 12.7. The lowest BCUT2D eigenvalue weighted by Gasteiger charge is -2.34. The second-order valence-corrected chi connectivity index (χ2v) is 7.60. The Hall–Kier alpha value is -3.29. The maximum atomic E-state index is 13.8. The molecule has 0 fully saturated rings. The van der Waals surface area contributed by atoms with Crippen molar-refractivity contribution < 1.29 is 18.0 Å². The molecule has 1 aliphatic heterocycles. The van der Waals surface area contributed by atoms with Gasteiger partial charge in [0.25, 0.3) is 5.91 Å². The number of halogens is 3. The molecule has 2 heterocycles. The predicted octanol–water partition coefficient (Wildman–Crippen LogP) is 5.04. The van der Waals surface area contributed by atoms with Crippen LogP contribution in [-0.4, -0.2) is 21.9 Å². The van der Waals surface area contributed by atoms with Gasteiger partial charge in [0.15, 0.2) is 6.04 Å². The number of carbonyl (C=O) groups excluding carboxylic acids is 1. The maximum absolute atomic E-state index is 13.8. The lowest BCUT2D eigenvalue weighted by molar-refractivity contribution is -0.173. The van der Waals surface area contributed by atoms with Gasteiger partial charge in [-0.05, 0) is 23.1 Å². The van der Waals surface area contributed by atoms with Crippen molar-refractivity contribution >= 4 is 11.7 Å². The van der Waals surface area contributed by atoms with Crippen molar-refractivity contribution in [2.24, 2.45) is 0 Å². The number of nitrogens with zero attached hydrogens (tertiary/aromatic N) is 2. The minimum Gasteiger partial charge on any atom is -0.363 e. The van der Waals surface area contributed by atoms with E-state index in [1.54, 1.807) is 0 Å². The number of anilines is 1. The molecule has 5 nitrogen and oxygen atoms in total. The highest BCUT2D eigenvalue weighted by molar-refractivity contribution is 5.98. The van der Waals surface area contributed by atoms with E-state index >= 15 is 0 Å². The largest absolute Gasteiger partial charge is 0.410 e. The standard InChI is InChI=1S/C23H23F3N4O/c1-2-15-8-10-17(11-9-15)19-12-20(23(24,25)26)30-21(29-19)18(14-28-30)22(31)27-13-16-6-4-3-5-7-16/h3-11,14,19-20,29H,2,12-13H2,1H3,(H,27,31). The number of hydrogen-bond acceptors (Lipinski definition) is 3. The summed E-state index contributed by atoms with van der Waals surface area (Å²) in [6.07, 6.45) is -2.64. The molecular formula is C23H23F3N4O. The third-order valence-electron chi connectivity index (χ3n) is 5.57. The van der Waals surface area contributed by atoms with Gasteiger partial charge in [-0.1, -0.05) is 61.5 Å². The Bertz CT molecular complexity index is 1040. The molecule has 4 rings (SSSR count). The average molecular weight is 428 g/mol. The maximum Gasteiger partial charge on any atom is 0.410 e. The van der Waals surface area contributed by atoms with E-state index in [0.29, 0.717) is 0 Å². The molecule has 8 heteroatoms. The minimum absolute atomic E-state index is 0.0868. The van der Waals surface area contributed by atoms with E-state index in [4.69, 9.17) is 0 Å². The fourth-order valence-corrected chi connectivity index (χ4v) is 3.81. The number of hydrogen-bond donors (Lipinski definition) is 2. The molecule has 0 saturated heterocycles. The van der Waals surface area contributed by atoms with Gasteiger partial charge < -0.3 is 10.6 Å². The van der Waals surface area contributed by atoms with Crippen molar-refractivity contribution in [3.8, 4) is 0 Å². The third kappa shape index (κ3) is 4.42. The molecule has 0 saturated carbocycles. The minimum atomic E-state index is -4.48. The van der Waals surface area contributed by atoms with Crippen molar-refractivity contribution in [2.75, 3.05) is 5.32 Å². The number of benzene rings is 2. The smallest absolute Gasteiger partial charge is 0.363 e. The van der Waals surface area contributed by atoms with Crippen molar-refractivity contribution in [2.45, 2.75) is 44.6 Å². The van der Waals surface area contributed by atoms with Gasteiger partial charge in [-0.3, -0.25) is 4.79 Å². The van der Waals surface area contributed by atoms with E-state index in [1.165, 1.54) is 6.20 Å². The normalized spacial score (nSPS) is 18.2. The van der Waals surface area contributed by atoms with Gasteiger partial charge in [0, 0.05) is 13.0 Å². The highest BCUT2D eigenvalue weighted by Gasteiger charge is 2.47. The molecule has 162 valence electrons. The van der Waals surface area contributed by atoms with Gasteiger partial charge in [-0.2, -0.15) is 18.3 Å². The summed E-state index contributed by atoms with van der Waals surface area (Å²) in [5.41, 5.74) is 2.85. The Morgan fingerprint density at radius 3 is 2.48 bits per heavy atom. The molecule has 0 radical (unpaired) electrons. The Morgan fingerprint density at radius 1 is 1.13 bits per heavy atom. The van der Waals surface area contributed by atoms with Crippen LogP contribution in [0.15, 0.2) is 60.8 Å². The number of aryl methyl sites for hydroxylation is 1. The van der Waals surface area contributed by atoms with Crippen LogP contribution in [0.3, 0.4) is 0 Å². The van der Waals surface area contributed by atoms with Crippen LogP contribution in [0.25, 0.3) is 0 Å². The molecule has 2 aromatic carbocycles. The molecule has 2 unspecified atom stereocenters. The lowest BCUT2D eigenvalue weighted by Crippen LogP contribution is -2.36. The Balaban J connectivity index is 1.61. The van der Waals surface area contributed by atoms with Gasteiger partial charge in [0.1, 0.15) is 11.4 Å². The Morgan fingerprint density at radius 2 is 1.84 bits per heavy atom.